The van der Waals surface area contributed by atoms with Gasteiger partial charge < -0.3 is 5.32 Å². The summed E-state index contributed by atoms with van der Waals surface area (Å²) in [6, 6.07) is 15.8. The van der Waals surface area contributed by atoms with Gasteiger partial charge in [-0.25, -0.2) is 4.39 Å². The van der Waals surface area contributed by atoms with Crippen molar-refractivity contribution in [1.82, 2.24) is 10.2 Å². The van der Waals surface area contributed by atoms with Gasteiger partial charge in [-0.3, -0.25) is 19.3 Å². The number of carbonyl (C=O) groups is 3. The maximum absolute atomic E-state index is 13.8. The largest absolute Gasteiger partial charge is 0.354 e. The number of imide groups is 1. The Kier molecular flexibility index (Phi) is 6.82. The molecule has 0 unspecified atom stereocenters. The summed E-state index contributed by atoms with van der Waals surface area (Å²) in [6.07, 6.45) is 1.69. The summed E-state index contributed by atoms with van der Waals surface area (Å²) in [5.41, 5.74) is 1.33. The summed E-state index contributed by atoms with van der Waals surface area (Å²) in [4.78, 5) is 38.0. The van der Waals surface area contributed by atoms with Crippen LogP contribution in [0.4, 0.5) is 9.18 Å². The van der Waals surface area contributed by atoms with Gasteiger partial charge in [0, 0.05) is 25.1 Å². The lowest BCUT2D eigenvalue weighted by Crippen LogP contribution is -2.37. The van der Waals surface area contributed by atoms with Crippen LogP contribution in [0.3, 0.4) is 0 Å². The average Bonchev–Trinajstić information content (AvgIpc) is 2.97. The molecule has 0 spiro atoms. The molecule has 1 atom stereocenters. The van der Waals surface area contributed by atoms with Crippen molar-refractivity contribution in [3.8, 4) is 0 Å². The summed E-state index contributed by atoms with van der Waals surface area (Å²) in [6.45, 7) is 2.22. The molecule has 2 aromatic rings. The molecular weight excluding hydrogens is 391 g/mol. The molecule has 150 valence electrons. The Morgan fingerprint density at radius 1 is 1.14 bits per heavy atom. The minimum Gasteiger partial charge on any atom is -0.354 e. The number of halogens is 1. The Labute approximate surface area is 173 Å². The Morgan fingerprint density at radius 2 is 1.83 bits per heavy atom. The number of amides is 3. The zero-order valence-electron chi connectivity index (χ0n) is 15.9. The van der Waals surface area contributed by atoms with Gasteiger partial charge in [0.2, 0.25) is 5.91 Å². The van der Waals surface area contributed by atoms with Gasteiger partial charge in [0.25, 0.3) is 11.1 Å². The summed E-state index contributed by atoms with van der Waals surface area (Å²) in [5, 5.41) is 2.32. The first-order valence-electron chi connectivity index (χ1n) is 9.27. The standard InChI is InChI=1S/C22H21FN2O3S/c1-15(16-7-3-2-4-8-16)13-20(26)24-11-12-25-21(27)19(29-22(25)28)14-17-9-5-6-10-18(17)23/h2-10,14-15H,11-13H2,1H3,(H,24,26)/b19-14+/t15-/m1/s1. The molecule has 0 aromatic heterocycles. The summed E-state index contributed by atoms with van der Waals surface area (Å²) in [5.74, 6) is -1.01. The number of rotatable bonds is 7. The lowest BCUT2D eigenvalue weighted by atomic mass is 9.98. The number of nitrogens with zero attached hydrogens (tertiary/aromatic N) is 1. The maximum atomic E-state index is 13.8. The van der Waals surface area contributed by atoms with Gasteiger partial charge in [-0.15, -0.1) is 0 Å². The maximum Gasteiger partial charge on any atom is 0.293 e. The molecule has 3 amide bonds. The molecule has 29 heavy (non-hydrogen) atoms. The first-order chi connectivity index (χ1) is 14.0. The molecule has 1 heterocycles. The molecule has 0 bridgehead atoms. The van der Waals surface area contributed by atoms with E-state index in [9.17, 15) is 18.8 Å². The number of thioether (sulfide) groups is 1. The summed E-state index contributed by atoms with van der Waals surface area (Å²) < 4.78 is 13.8. The van der Waals surface area contributed by atoms with E-state index in [-0.39, 0.29) is 35.4 Å². The molecule has 1 aliphatic heterocycles. The smallest absolute Gasteiger partial charge is 0.293 e. The van der Waals surface area contributed by atoms with Crippen LogP contribution in [0.5, 0.6) is 0 Å². The SMILES string of the molecule is C[C@H](CC(=O)NCCN1C(=O)S/C(=C/c2ccccc2F)C1=O)c1ccccc1. The van der Waals surface area contributed by atoms with Crippen molar-refractivity contribution in [3.05, 3.63) is 76.4 Å². The fourth-order valence-corrected chi connectivity index (χ4v) is 3.84. The molecule has 0 aliphatic carbocycles. The van der Waals surface area contributed by atoms with Crippen LogP contribution in [-0.2, 0) is 9.59 Å². The number of benzene rings is 2. The van der Waals surface area contributed by atoms with Gasteiger partial charge in [-0.1, -0.05) is 55.5 Å². The van der Waals surface area contributed by atoms with Gasteiger partial charge in [0.1, 0.15) is 5.82 Å². The molecule has 7 heteroatoms. The van der Waals surface area contributed by atoms with Crippen molar-refractivity contribution in [1.29, 1.82) is 0 Å². The van der Waals surface area contributed by atoms with E-state index in [1.165, 1.54) is 18.2 Å². The number of nitrogens with one attached hydrogen (secondary N) is 1. The normalized spacial score (nSPS) is 16.3. The average molecular weight is 412 g/mol. The van der Waals surface area contributed by atoms with Crippen LogP contribution in [-0.4, -0.2) is 35.0 Å². The van der Waals surface area contributed by atoms with Crippen molar-refractivity contribution in [2.45, 2.75) is 19.3 Å². The van der Waals surface area contributed by atoms with Crippen LogP contribution < -0.4 is 5.32 Å². The number of hydrogen-bond acceptors (Lipinski definition) is 4. The topological polar surface area (TPSA) is 66.5 Å². The molecule has 1 aliphatic rings. The molecule has 0 saturated carbocycles. The summed E-state index contributed by atoms with van der Waals surface area (Å²) >= 11 is 0.771. The minimum atomic E-state index is -0.477. The van der Waals surface area contributed by atoms with E-state index in [2.05, 4.69) is 5.32 Å². The molecule has 0 radical (unpaired) electrons. The molecule has 2 aromatic carbocycles. The van der Waals surface area contributed by atoms with E-state index in [0.717, 1.165) is 22.2 Å². The van der Waals surface area contributed by atoms with E-state index < -0.39 is 17.0 Å². The van der Waals surface area contributed by atoms with Gasteiger partial charge >= 0.3 is 0 Å². The summed E-state index contributed by atoms with van der Waals surface area (Å²) in [7, 11) is 0. The van der Waals surface area contributed by atoms with E-state index in [4.69, 9.17) is 0 Å². The van der Waals surface area contributed by atoms with Crippen LogP contribution >= 0.6 is 11.8 Å². The van der Waals surface area contributed by atoms with Crippen LogP contribution in [0.1, 0.15) is 30.4 Å². The lowest BCUT2D eigenvalue weighted by molar-refractivity contribution is -0.124. The van der Waals surface area contributed by atoms with Crippen LogP contribution in [0.15, 0.2) is 59.5 Å². The fourth-order valence-electron chi connectivity index (χ4n) is 2.98. The van der Waals surface area contributed by atoms with E-state index in [1.807, 2.05) is 37.3 Å². The highest BCUT2D eigenvalue weighted by Gasteiger charge is 2.34. The molecule has 1 saturated heterocycles. The Morgan fingerprint density at radius 3 is 2.55 bits per heavy atom. The second-order valence-electron chi connectivity index (χ2n) is 6.72. The van der Waals surface area contributed by atoms with Gasteiger partial charge in [-0.2, -0.15) is 0 Å². The highest BCUT2D eigenvalue weighted by atomic mass is 32.2. The van der Waals surface area contributed by atoms with Crippen molar-refractivity contribution >= 4 is 34.9 Å². The predicted octanol–water partition coefficient (Wildman–Crippen LogP) is 4.17. The quantitative estimate of drug-likeness (QED) is 0.693. The fraction of sp³-hybridized carbons (Fsp3) is 0.227. The van der Waals surface area contributed by atoms with Gasteiger partial charge in [0.05, 0.1) is 4.91 Å². The van der Waals surface area contributed by atoms with Crippen LogP contribution in [0.2, 0.25) is 0 Å². The molecule has 5 nitrogen and oxygen atoms in total. The van der Waals surface area contributed by atoms with Crippen LogP contribution in [0, 0.1) is 5.82 Å². The third-order valence-corrected chi connectivity index (χ3v) is 5.49. The van der Waals surface area contributed by atoms with Gasteiger partial charge in [0.15, 0.2) is 0 Å². The zero-order chi connectivity index (χ0) is 20.8. The zero-order valence-corrected chi connectivity index (χ0v) is 16.7. The van der Waals surface area contributed by atoms with Crippen molar-refractivity contribution < 1.29 is 18.8 Å². The Balaban J connectivity index is 1.52. The first kappa shape index (κ1) is 20.8. The highest BCUT2D eigenvalue weighted by molar-refractivity contribution is 8.18. The van der Waals surface area contributed by atoms with E-state index in [1.54, 1.807) is 12.1 Å². The van der Waals surface area contributed by atoms with Crippen molar-refractivity contribution in [2.75, 3.05) is 13.1 Å². The third-order valence-electron chi connectivity index (χ3n) is 4.58. The van der Waals surface area contributed by atoms with Crippen LogP contribution in [0.25, 0.3) is 6.08 Å². The minimum absolute atomic E-state index is 0.0668. The molecule has 1 N–H and O–H groups in total. The lowest BCUT2D eigenvalue weighted by Gasteiger charge is -2.15. The Bertz CT molecular complexity index is 946. The van der Waals surface area contributed by atoms with Crippen molar-refractivity contribution in [2.24, 2.45) is 0 Å². The number of hydrogen-bond donors (Lipinski definition) is 1. The second kappa shape index (κ2) is 9.52. The first-order valence-corrected chi connectivity index (χ1v) is 10.1. The van der Waals surface area contributed by atoms with Crippen molar-refractivity contribution in [3.63, 3.8) is 0 Å². The second-order valence-corrected chi connectivity index (χ2v) is 7.71. The molecular formula is C22H21FN2O3S. The predicted molar refractivity (Wildman–Crippen MR) is 112 cm³/mol. The molecule has 3 rings (SSSR count). The van der Waals surface area contributed by atoms with E-state index in [0.29, 0.717) is 6.42 Å². The molecule has 1 fully saturated rings. The Hall–Kier alpha value is -2.93. The number of carbonyl (C=O) groups excluding carboxylic acids is 3. The third kappa shape index (κ3) is 5.32. The highest BCUT2D eigenvalue weighted by Crippen LogP contribution is 2.32. The monoisotopic (exact) mass is 412 g/mol. The van der Waals surface area contributed by atoms with Gasteiger partial charge in [-0.05, 0) is 35.4 Å². The van der Waals surface area contributed by atoms with E-state index >= 15 is 0 Å².